The summed E-state index contributed by atoms with van der Waals surface area (Å²) in [7, 11) is 0. The lowest BCUT2D eigenvalue weighted by Gasteiger charge is -2.43. The summed E-state index contributed by atoms with van der Waals surface area (Å²) < 4.78 is 0. The van der Waals surface area contributed by atoms with Crippen LogP contribution in [-0.2, 0) is 0 Å². The molecule has 0 bridgehead atoms. The number of carbonyl (C=O) groups is 1. The van der Waals surface area contributed by atoms with Gasteiger partial charge in [0.05, 0.1) is 0 Å². The third kappa shape index (κ3) is 1.90. The predicted molar refractivity (Wildman–Crippen MR) is 49.1 cm³/mol. The van der Waals surface area contributed by atoms with Crippen molar-refractivity contribution in [3.05, 3.63) is 0 Å². The van der Waals surface area contributed by atoms with Gasteiger partial charge in [0.2, 0.25) is 0 Å². The molecule has 70 valence electrons. The molecule has 0 radical (unpaired) electrons. The lowest BCUT2D eigenvalue weighted by Crippen LogP contribution is -2.64. The smallest absolute Gasteiger partial charge is 0.315 e. The molecule has 0 aromatic heterocycles. The number of amides is 2. The van der Waals surface area contributed by atoms with E-state index in [9.17, 15) is 4.79 Å². The van der Waals surface area contributed by atoms with Crippen molar-refractivity contribution in [1.82, 2.24) is 10.6 Å². The zero-order valence-corrected chi connectivity index (χ0v) is 8.32. The molecule has 1 rings (SSSR count). The highest BCUT2D eigenvalue weighted by molar-refractivity contribution is 5.76. The van der Waals surface area contributed by atoms with Crippen LogP contribution in [0.2, 0.25) is 0 Å². The summed E-state index contributed by atoms with van der Waals surface area (Å²) in [4.78, 5) is 11.2. The Morgan fingerprint density at radius 2 is 1.92 bits per heavy atom. The summed E-state index contributed by atoms with van der Waals surface area (Å²) in [6.07, 6.45) is 1.95. The minimum Gasteiger partial charge on any atom is -0.333 e. The third-order valence-corrected chi connectivity index (χ3v) is 2.48. The van der Waals surface area contributed by atoms with Crippen LogP contribution in [0, 0.1) is 0 Å². The van der Waals surface area contributed by atoms with Crippen LogP contribution in [0.1, 0.15) is 40.5 Å². The van der Waals surface area contributed by atoms with Crippen molar-refractivity contribution < 1.29 is 4.79 Å². The van der Waals surface area contributed by atoms with Crippen LogP contribution in [0.3, 0.4) is 0 Å². The average Bonchev–Trinajstić information content (AvgIpc) is 1.82. The summed E-state index contributed by atoms with van der Waals surface area (Å²) in [5.41, 5.74) is -0.112. The maximum Gasteiger partial charge on any atom is 0.315 e. The molecular formula is C9H18N2O. The first-order valence-corrected chi connectivity index (χ1v) is 4.47. The van der Waals surface area contributed by atoms with E-state index in [-0.39, 0.29) is 17.1 Å². The van der Waals surface area contributed by atoms with Gasteiger partial charge in [-0.25, -0.2) is 4.79 Å². The van der Waals surface area contributed by atoms with Gasteiger partial charge in [-0.15, -0.1) is 0 Å². The largest absolute Gasteiger partial charge is 0.333 e. The van der Waals surface area contributed by atoms with Gasteiger partial charge in [0.25, 0.3) is 0 Å². The summed E-state index contributed by atoms with van der Waals surface area (Å²) in [5.74, 6) is 0. The molecule has 2 amide bonds. The molecule has 1 saturated heterocycles. The second kappa shape index (κ2) is 2.64. The molecule has 0 aliphatic carbocycles. The average molecular weight is 170 g/mol. The molecule has 3 heteroatoms. The van der Waals surface area contributed by atoms with Crippen molar-refractivity contribution in [2.75, 3.05) is 0 Å². The van der Waals surface area contributed by atoms with Gasteiger partial charge in [-0.05, 0) is 33.6 Å². The van der Waals surface area contributed by atoms with Crippen molar-refractivity contribution in [3.8, 4) is 0 Å². The van der Waals surface area contributed by atoms with Crippen LogP contribution in [-0.4, -0.2) is 17.1 Å². The number of nitrogens with one attached hydrogen (secondary N) is 2. The Kier molecular flexibility index (Phi) is 2.06. The summed E-state index contributed by atoms with van der Waals surface area (Å²) in [5, 5.41) is 5.84. The van der Waals surface area contributed by atoms with Gasteiger partial charge in [0.1, 0.15) is 0 Å². The topological polar surface area (TPSA) is 41.1 Å². The van der Waals surface area contributed by atoms with Crippen molar-refractivity contribution in [1.29, 1.82) is 0 Å². The molecule has 1 aliphatic rings. The summed E-state index contributed by atoms with van der Waals surface area (Å²) in [6.45, 7) is 8.30. The van der Waals surface area contributed by atoms with Gasteiger partial charge >= 0.3 is 6.03 Å². The minimum atomic E-state index is -0.0763. The molecule has 12 heavy (non-hydrogen) atoms. The first-order valence-electron chi connectivity index (χ1n) is 4.47. The summed E-state index contributed by atoms with van der Waals surface area (Å²) >= 11 is 0. The molecule has 0 spiro atoms. The fourth-order valence-corrected chi connectivity index (χ4v) is 1.89. The standard InChI is InChI=1S/C9H18N2O/c1-5-9(4)6-8(2,3)10-7(12)11-9/h5-6H2,1-4H3,(H2,10,11,12). The SMILES string of the molecule is CCC1(C)CC(C)(C)NC(=O)N1. The third-order valence-electron chi connectivity index (χ3n) is 2.48. The van der Waals surface area contributed by atoms with Crippen LogP contribution < -0.4 is 10.6 Å². The first-order chi connectivity index (χ1) is 5.37. The normalized spacial score (nSPS) is 33.8. The Labute approximate surface area is 73.9 Å². The molecule has 1 aliphatic heterocycles. The molecule has 1 unspecified atom stereocenters. The molecule has 2 N–H and O–H groups in total. The van der Waals surface area contributed by atoms with Gasteiger partial charge in [0, 0.05) is 11.1 Å². The first kappa shape index (κ1) is 9.36. The number of urea groups is 1. The molecule has 1 atom stereocenters. The molecule has 1 heterocycles. The molecular weight excluding hydrogens is 152 g/mol. The molecule has 1 fully saturated rings. The Morgan fingerprint density at radius 1 is 1.33 bits per heavy atom. The number of hydrogen-bond donors (Lipinski definition) is 2. The second-order valence-corrected chi connectivity index (χ2v) is 4.55. The van der Waals surface area contributed by atoms with E-state index < -0.39 is 0 Å². The van der Waals surface area contributed by atoms with Crippen LogP contribution >= 0.6 is 0 Å². The second-order valence-electron chi connectivity index (χ2n) is 4.55. The van der Waals surface area contributed by atoms with Gasteiger partial charge in [-0.3, -0.25) is 0 Å². The highest BCUT2D eigenvalue weighted by Crippen LogP contribution is 2.26. The van der Waals surface area contributed by atoms with Gasteiger partial charge in [-0.2, -0.15) is 0 Å². The Bertz CT molecular complexity index is 201. The predicted octanol–water partition coefficient (Wildman–Crippen LogP) is 1.64. The van der Waals surface area contributed by atoms with E-state index in [1.807, 2.05) is 0 Å². The zero-order valence-electron chi connectivity index (χ0n) is 8.32. The van der Waals surface area contributed by atoms with Gasteiger partial charge in [0.15, 0.2) is 0 Å². The molecule has 0 saturated carbocycles. The van der Waals surface area contributed by atoms with Crippen LogP contribution in [0.4, 0.5) is 4.79 Å². The van der Waals surface area contributed by atoms with E-state index in [4.69, 9.17) is 0 Å². The van der Waals surface area contributed by atoms with E-state index in [0.29, 0.717) is 0 Å². The van der Waals surface area contributed by atoms with Crippen molar-refractivity contribution >= 4 is 6.03 Å². The minimum absolute atomic E-state index is 0.0359. The van der Waals surface area contributed by atoms with Crippen molar-refractivity contribution in [2.45, 2.75) is 51.6 Å². The maximum atomic E-state index is 11.2. The number of carbonyl (C=O) groups excluding carboxylic acids is 1. The van der Waals surface area contributed by atoms with Gasteiger partial charge < -0.3 is 10.6 Å². The fourth-order valence-electron chi connectivity index (χ4n) is 1.89. The quantitative estimate of drug-likeness (QED) is 0.617. The van der Waals surface area contributed by atoms with E-state index in [0.717, 1.165) is 12.8 Å². The summed E-state index contributed by atoms with van der Waals surface area (Å²) in [6, 6.07) is -0.0457. The zero-order chi connectivity index (χ0) is 9.41. The highest BCUT2D eigenvalue weighted by atomic mass is 16.2. The van der Waals surface area contributed by atoms with Crippen LogP contribution in [0.25, 0.3) is 0 Å². The van der Waals surface area contributed by atoms with Gasteiger partial charge in [-0.1, -0.05) is 6.92 Å². The van der Waals surface area contributed by atoms with E-state index in [1.54, 1.807) is 0 Å². The van der Waals surface area contributed by atoms with E-state index in [2.05, 4.69) is 38.3 Å². The lowest BCUT2D eigenvalue weighted by atomic mass is 9.82. The fraction of sp³-hybridized carbons (Fsp3) is 0.889. The maximum absolute atomic E-state index is 11.2. The Balaban J connectivity index is 2.76. The molecule has 3 nitrogen and oxygen atoms in total. The van der Waals surface area contributed by atoms with E-state index >= 15 is 0 Å². The van der Waals surface area contributed by atoms with Crippen LogP contribution in [0.15, 0.2) is 0 Å². The number of rotatable bonds is 1. The molecule has 0 aromatic rings. The Morgan fingerprint density at radius 3 is 2.33 bits per heavy atom. The monoisotopic (exact) mass is 170 g/mol. The number of hydrogen-bond acceptors (Lipinski definition) is 1. The van der Waals surface area contributed by atoms with Crippen molar-refractivity contribution in [3.63, 3.8) is 0 Å². The Hall–Kier alpha value is -0.730. The van der Waals surface area contributed by atoms with E-state index in [1.165, 1.54) is 0 Å². The van der Waals surface area contributed by atoms with Crippen molar-refractivity contribution in [2.24, 2.45) is 0 Å². The molecule has 0 aromatic carbocycles. The van der Waals surface area contributed by atoms with Crippen LogP contribution in [0.5, 0.6) is 0 Å². The highest BCUT2D eigenvalue weighted by Gasteiger charge is 2.38. The lowest BCUT2D eigenvalue weighted by molar-refractivity contribution is 0.167.